The van der Waals surface area contributed by atoms with Crippen molar-refractivity contribution < 1.29 is 14.3 Å². The van der Waals surface area contributed by atoms with Crippen molar-refractivity contribution in [3.05, 3.63) is 64.4 Å². The number of fused-ring (bicyclic) bond motifs is 1. The van der Waals surface area contributed by atoms with Crippen LogP contribution in [0.1, 0.15) is 57.6 Å². The lowest BCUT2D eigenvalue weighted by Crippen LogP contribution is -2.46. The molecule has 0 atom stereocenters. The summed E-state index contributed by atoms with van der Waals surface area (Å²) in [5.74, 6) is 0.258. The van der Waals surface area contributed by atoms with Gasteiger partial charge < -0.3 is 10.1 Å². The highest BCUT2D eigenvalue weighted by Gasteiger charge is 2.33. The minimum absolute atomic E-state index is 0.0444. The van der Waals surface area contributed by atoms with E-state index < -0.39 is 0 Å². The summed E-state index contributed by atoms with van der Waals surface area (Å²) in [4.78, 5) is 27.8. The van der Waals surface area contributed by atoms with E-state index in [9.17, 15) is 9.59 Å². The monoisotopic (exact) mass is 452 g/mol. The highest BCUT2D eigenvalue weighted by atomic mass is 35.5. The van der Waals surface area contributed by atoms with Gasteiger partial charge >= 0.3 is 0 Å². The van der Waals surface area contributed by atoms with E-state index in [-0.39, 0.29) is 35.6 Å². The van der Waals surface area contributed by atoms with Crippen LogP contribution < -0.4 is 15.0 Å². The fourth-order valence-electron chi connectivity index (χ4n) is 4.13. The molecule has 0 radical (unpaired) electrons. The number of halogens is 1. The van der Waals surface area contributed by atoms with Crippen LogP contribution in [-0.4, -0.2) is 24.4 Å². The summed E-state index contributed by atoms with van der Waals surface area (Å²) in [5.41, 5.74) is 2.38. The first-order valence-electron chi connectivity index (χ1n) is 11.1. The second-order valence-corrected chi connectivity index (χ2v) is 9.97. The molecule has 2 amide bonds. The molecule has 0 saturated heterocycles. The number of nitrogens with zero attached hydrogens (tertiary/aromatic N) is 1. The number of ether oxygens (including phenoxy) is 1. The number of anilines is 1. The van der Waals surface area contributed by atoms with Gasteiger partial charge in [-0.15, -0.1) is 0 Å². The fraction of sp³-hybridized carbons (Fsp3) is 0.385. The average molecular weight is 453 g/mol. The topological polar surface area (TPSA) is 58.6 Å². The molecule has 0 aromatic heterocycles. The van der Waals surface area contributed by atoms with Gasteiger partial charge in [-0.2, -0.15) is 0 Å². The molecule has 2 aromatic carbocycles. The lowest BCUT2D eigenvalue weighted by atomic mass is 9.86. The van der Waals surface area contributed by atoms with Crippen LogP contribution in [0.15, 0.2) is 48.2 Å². The summed E-state index contributed by atoms with van der Waals surface area (Å²) in [6.45, 7) is 6.30. The van der Waals surface area contributed by atoms with Crippen LogP contribution in [0.25, 0.3) is 6.08 Å². The molecule has 1 N–H and O–H groups in total. The number of benzene rings is 2. The van der Waals surface area contributed by atoms with E-state index in [0.717, 1.165) is 36.8 Å². The molecule has 168 valence electrons. The Hall–Kier alpha value is -2.79. The SMILES string of the molecule is CC(C)(C)c1ccc2c(c1)N(CC(=O)NC1CCCC1)C(=O)C(=Cc1ccc(Cl)cc1)O2. The first-order chi connectivity index (χ1) is 15.2. The summed E-state index contributed by atoms with van der Waals surface area (Å²) >= 11 is 5.98. The Bertz CT molecular complexity index is 1050. The molecule has 0 bridgehead atoms. The van der Waals surface area contributed by atoms with Crippen molar-refractivity contribution in [3.8, 4) is 5.75 Å². The lowest BCUT2D eigenvalue weighted by Gasteiger charge is -2.32. The van der Waals surface area contributed by atoms with Gasteiger partial charge in [0.25, 0.3) is 5.91 Å². The zero-order chi connectivity index (χ0) is 22.9. The van der Waals surface area contributed by atoms with E-state index in [4.69, 9.17) is 16.3 Å². The molecule has 1 fully saturated rings. The molecular formula is C26H29ClN2O3. The van der Waals surface area contributed by atoms with Crippen LogP contribution in [0.5, 0.6) is 5.75 Å². The molecule has 0 spiro atoms. The van der Waals surface area contributed by atoms with Gasteiger partial charge in [0, 0.05) is 11.1 Å². The lowest BCUT2D eigenvalue weighted by molar-refractivity contribution is -0.123. The van der Waals surface area contributed by atoms with E-state index in [1.54, 1.807) is 18.2 Å². The van der Waals surface area contributed by atoms with Crippen LogP contribution in [0.2, 0.25) is 5.02 Å². The molecule has 4 rings (SSSR count). The Kier molecular flexibility index (Phi) is 6.29. The number of amides is 2. The molecule has 1 aliphatic carbocycles. The van der Waals surface area contributed by atoms with Gasteiger partial charge in [-0.05, 0) is 59.7 Å². The van der Waals surface area contributed by atoms with E-state index >= 15 is 0 Å². The van der Waals surface area contributed by atoms with E-state index in [2.05, 4.69) is 26.1 Å². The molecule has 2 aliphatic rings. The summed E-state index contributed by atoms with van der Waals surface area (Å²) in [6.07, 6.45) is 5.94. The summed E-state index contributed by atoms with van der Waals surface area (Å²) in [6, 6.07) is 13.2. The van der Waals surface area contributed by atoms with Crippen molar-refractivity contribution >= 4 is 35.2 Å². The minimum Gasteiger partial charge on any atom is -0.449 e. The van der Waals surface area contributed by atoms with Gasteiger partial charge in [-0.25, -0.2) is 0 Å². The Morgan fingerprint density at radius 3 is 2.50 bits per heavy atom. The molecule has 2 aromatic rings. The third-order valence-corrected chi connectivity index (χ3v) is 6.23. The molecular weight excluding hydrogens is 424 g/mol. The average Bonchev–Trinajstić information content (AvgIpc) is 3.24. The van der Waals surface area contributed by atoms with Gasteiger partial charge in [-0.1, -0.05) is 63.4 Å². The first-order valence-corrected chi connectivity index (χ1v) is 11.5. The number of nitrogens with one attached hydrogen (secondary N) is 1. The molecule has 32 heavy (non-hydrogen) atoms. The zero-order valence-corrected chi connectivity index (χ0v) is 19.5. The van der Waals surface area contributed by atoms with Crippen molar-refractivity contribution in [3.63, 3.8) is 0 Å². The first kappa shape index (κ1) is 22.4. The van der Waals surface area contributed by atoms with Crippen molar-refractivity contribution in [1.29, 1.82) is 0 Å². The molecule has 1 saturated carbocycles. The van der Waals surface area contributed by atoms with Crippen molar-refractivity contribution in [2.75, 3.05) is 11.4 Å². The quantitative estimate of drug-likeness (QED) is 0.626. The highest BCUT2D eigenvalue weighted by molar-refractivity contribution is 6.30. The second kappa shape index (κ2) is 8.99. The van der Waals surface area contributed by atoms with Crippen LogP contribution in [0.4, 0.5) is 5.69 Å². The van der Waals surface area contributed by atoms with Gasteiger partial charge in [0.05, 0.1) is 5.69 Å². The molecule has 5 nitrogen and oxygen atoms in total. The van der Waals surface area contributed by atoms with Crippen LogP contribution in [0.3, 0.4) is 0 Å². The van der Waals surface area contributed by atoms with Gasteiger partial charge in [-0.3, -0.25) is 14.5 Å². The maximum atomic E-state index is 13.4. The summed E-state index contributed by atoms with van der Waals surface area (Å²) in [7, 11) is 0. The molecule has 0 unspecified atom stereocenters. The maximum absolute atomic E-state index is 13.4. The van der Waals surface area contributed by atoms with E-state index in [0.29, 0.717) is 16.5 Å². The maximum Gasteiger partial charge on any atom is 0.294 e. The normalized spacial score (nSPS) is 17.9. The Balaban J connectivity index is 1.68. The third-order valence-electron chi connectivity index (χ3n) is 5.98. The Labute approximate surface area is 194 Å². The Morgan fingerprint density at radius 2 is 1.84 bits per heavy atom. The van der Waals surface area contributed by atoms with E-state index in [1.165, 1.54) is 4.90 Å². The standard InChI is InChI=1S/C26H29ClN2O3/c1-26(2,3)18-10-13-22-21(15-18)29(16-24(30)28-20-6-4-5-7-20)25(31)23(32-22)14-17-8-11-19(27)12-9-17/h8-15,20H,4-7,16H2,1-3H3,(H,28,30). The number of hydrogen-bond donors (Lipinski definition) is 1. The minimum atomic E-state index is -0.333. The number of rotatable bonds is 4. The molecule has 1 aliphatic heterocycles. The number of hydrogen-bond acceptors (Lipinski definition) is 3. The predicted molar refractivity (Wildman–Crippen MR) is 128 cm³/mol. The Morgan fingerprint density at radius 1 is 1.16 bits per heavy atom. The fourth-order valence-corrected chi connectivity index (χ4v) is 4.26. The summed E-state index contributed by atoms with van der Waals surface area (Å²) < 4.78 is 6.00. The van der Waals surface area contributed by atoms with Gasteiger partial charge in [0.1, 0.15) is 6.54 Å². The predicted octanol–water partition coefficient (Wildman–Crippen LogP) is 5.46. The van der Waals surface area contributed by atoms with Crippen LogP contribution in [-0.2, 0) is 15.0 Å². The van der Waals surface area contributed by atoms with Crippen molar-refractivity contribution in [2.24, 2.45) is 0 Å². The highest BCUT2D eigenvalue weighted by Crippen LogP contribution is 2.39. The second-order valence-electron chi connectivity index (χ2n) is 9.53. The smallest absolute Gasteiger partial charge is 0.294 e. The zero-order valence-electron chi connectivity index (χ0n) is 18.8. The largest absolute Gasteiger partial charge is 0.449 e. The van der Waals surface area contributed by atoms with Crippen LogP contribution >= 0.6 is 11.6 Å². The summed E-state index contributed by atoms with van der Waals surface area (Å²) in [5, 5.41) is 3.70. The third kappa shape index (κ3) is 4.99. The van der Waals surface area contributed by atoms with Gasteiger partial charge in [0.15, 0.2) is 11.5 Å². The van der Waals surface area contributed by atoms with Crippen LogP contribution in [0, 0.1) is 0 Å². The van der Waals surface area contributed by atoms with E-state index in [1.807, 2.05) is 30.3 Å². The number of carbonyl (C=O) groups is 2. The van der Waals surface area contributed by atoms with Gasteiger partial charge in [0.2, 0.25) is 5.91 Å². The number of carbonyl (C=O) groups excluding carboxylic acids is 2. The van der Waals surface area contributed by atoms with Crippen molar-refractivity contribution in [1.82, 2.24) is 5.32 Å². The molecule has 6 heteroatoms. The molecule has 1 heterocycles. The van der Waals surface area contributed by atoms with Crippen molar-refractivity contribution in [2.45, 2.75) is 57.9 Å².